The average Bonchev–Trinajstić information content (AvgIpc) is 2.83. The van der Waals surface area contributed by atoms with Crippen LogP contribution in [0.15, 0.2) is 66.7 Å². The molecule has 0 bridgehead atoms. The van der Waals surface area contributed by atoms with Crippen LogP contribution in [0, 0.1) is 5.92 Å². The van der Waals surface area contributed by atoms with Crippen LogP contribution in [-0.2, 0) is 21.5 Å². The van der Waals surface area contributed by atoms with Crippen molar-refractivity contribution in [2.24, 2.45) is 5.92 Å². The van der Waals surface area contributed by atoms with E-state index in [4.69, 9.17) is 14.7 Å². The Balaban J connectivity index is 1.54. The van der Waals surface area contributed by atoms with E-state index >= 15 is 0 Å². The molecule has 5 rings (SSSR count). The molecule has 2 aliphatic rings. The summed E-state index contributed by atoms with van der Waals surface area (Å²) in [5.41, 5.74) is 6.65. The zero-order valence-electron chi connectivity index (χ0n) is 19.2. The largest absolute Gasteiger partial charge is 0.493 e. The van der Waals surface area contributed by atoms with Crippen molar-refractivity contribution in [2.45, 2.75) is 38.1 Å². The highest BCUT2D eigenvalue weighted by Crippen LogP contribution is 2.55. The van der Waals surface area contributed by atoms with Crippen LogP contribution in [0.5, 0.6) is 5.75 Å². The number of aliphatic carboxylic acids is 1. The number of hydrogen-bond acceptors (Lipinski definition) is 4. The number of anilines is 1. The third-order valence-electron chi connectivity index (χ3n) is 7.26. The predicted octanol–water partition coefficient (Wildman–Crippen LogP) is 5.78. The number of fused-ring (bicyclic) bond motifs is 4. The van der Waals surface area contributed by atoms with E-state index in [1.807, 2.05) is 29.3 Å². The molecule has 5 heteroatoms. The van der Waals surface area contributed by atoms with Crippen molar-refractivity contribution in [3.05, 3.63) is 83.4 Å². The number of aryl methyl sites for hydroxylation is 1. The van der Waals surface area contributed by atoms with Gasteiger partial charge in [0, 0.05) is 23.3 Å². The van der Waals surface area contributed by atoms with Crippen LogP contribution in [0.1, 0.15) is 43.0 Å². The Bertz CT molecular complexity index is 1180. The van der Waals surface area contributed by atoms with Gasteiger partial charge in [0.1, 0.15) is 5.75 Å². The molecule has 1 N–H and O–H groups in total. The summed E-state index contributed by atoms with van der Waals surface area (Å²) in [6.45, 7) is 5.23. The normalized spacial score (nSPS) is 20.3. The lowest BCUT2D eigenvalue weighted by molar-refractivity contribution is -0.136. The number of rotatable bonds is 5. The average molecular weight is 444 g/mol. The fraction of sp³-hybridized carbons (Fsp3) is 0.321. The van der Waals surface area contributed by atoms with E-state index < -0.39 is 5.97 Å². The lowest BCUT2D eigenvalue weighted by Gasteiger charge is -2.52. The number of para-hydroxylation sites is 1. The first-order chi connectivity index (χ1) is 15.9. The smallest absolute Gasteiger partial charge is 0.303 e. The molecule has 0 aliphatic carbocycles. The predicted molar refractivity (Wildman–Crippen MR) is 129 cm³/mol. The number of hydroxylamine groups is 1. The first-order valence-corrected chi connectivity index (χ1v) is 11.4. The number of carboxylic acid groups (broad SMARTS) is 1. The number of hydrogen-bond donors (Lipinski definition) is 1. The lowest BCUT2D eigenvalue weighted by atomic mass is 9.65. The molecule has 0 saturated carbocycles. The zero-order valence-corrected chi connectivity index (χ0v) is 19.2. The van der Waals surface area contributed by atoms with E-state index in [0.717, 1.165) is 33.7 Å². The summed E-state index contributed by atoms with van der Waals surface area (Å²) in [4.78, 5) is 16.8. The van der Waals surface area contributed by atoms with Gasteiger partial charge in [-0.25, -0.2) is 5.06 Å². The number of benzene rings is 3. The second-order valence-electron chi connectivity index (χ2n) is 9.45. The Kier molecular flexibility index (Phi) is 5.37. The highest BCUT2D eigenvalue weighted by atomic mass is 16.7. The SMILES string of the molecule is CON1c2ccc(-c3ccc(CCC(=O)O)cc3)cc2C(C)(C)[C@H]2COc3ccccc3[C@H]21. The summed E-state index contributed by atoms with van der Waals surface area (Å²) in [5.74, 6) is 0.388. The summed E-state index contributed by atoms with van der Waals surface area (Å²) in [6, 6.07) is 23.1. The van der Waals surface area contributed by atoms with Gasteiger partial charge in [-0.2, -0.15) is 0 Å². The van der Waals surface area contributed by atoms with Crippen molar-refractivity contribution in [2.75, 3.05) is 18.8 Å². The number of ether oxygens (including phenoxy) is 1. The molecule has 0 unspecified atom stereocenters. The molecule has 0 saturated heterocycles. The van der Waals surface area contributed by atoms with E-state index in [0.29, 0.717) is 13.0 Å². The van der Waals surface area contributed by atoms with Crippen molar-refractivity contribution in [1.82, 2.24) is 0 Å². The fourth-order valence-corrected chi connectivity index (χ4v) is 5.34. The van der Waals surface area contributed by atoms with Crippen LogP contribution in [0.4, 0.5) is 5.69 Å². The van der Waals surface area contributed by atoms with Gasteiger partial charge < -0.3 is 9.84 Å². The van der Waals surface area contributed by atoms with Crippen molar-refractivity contribution < 1.29 is 19.5 Å². The second-order valence-corrected chi connectivity index (χ2v) is 9.45. The number of carbonyl (C=O) groups is 1. The minimum Gasteiger partial charge on any atom is -0.493 e. The van der Waals surface area contributed by atoms with Gasteiger partial charge in [-0.15, -0.1) is 0 Å². The minimum absolute atomic E-state index is 0.0850. The van der Waals surface area contributed by atoms with Gasteiger partial charge in [-0.3, -0.25) is 9.63 Å². The lowest BCUT2D eigenvalue weighted by Crippen LogP contribution is -2.51. The highest BCUT2D eigenvalue weighted by molar-refractivity contribution is 5.72. The zero-order chi connectivity index (χ0) is 23.2. The van der Waals surface area contributed by atoms with Gasteiger partial charge in [-0.1, -0.05) is 62.4 Å². The first-order valence-electron chi connectivity index (χ1n) is 11.4. The van der Waals surface area contributed by atoms with Crippen LogP contribution in [0.25, 0.3) is 11.1 Å². The van der Waals surface area contributed by atoms with Gasteiger partial charge in [0.05, 0.1) is 25.4 Å². The molecule has 3 aromatic carbocycles. The van der Waals surface area contributed by atoms with Gasteiger partial charge >= 0.3 is 5.97 Å². The van der Waals surface area contributed by atoms with Crippen LogP contribution in [-0.4, -0.2) is 24.8 Å². The van der Waals surface area contributed by atoms with Crippen LogP contribution in [0.3, 0.4) is 0 Å². The summed E-state index contributed by atoms with van der Waals surface area (Å²) in [7, 11) is 1.74. The van der Waals surface area contributed by atoms with Crippen molar-refractivity contribution in [3.8, 4) is 16.9 Å². The molecule has 2 heterocycles. The quantitative estimate of drug-likeness (QED) is 0.542. The molecule has 2 aliphatic heterocycles. The molecule has 0 radical (unpaired) electrons. The Morgan fingerprint density at radius 2 is 1.82 bits per heavy atom. The van der Waals surface area contributed by atoms with Crippen LogP contribution < -0.4 is 9.80 Å². The van der Waals surface area contributed by atoms with E-state index in [-0.39, 0.29) is 23.8 Å². The van der Waals surface area contributed by atoms with E-state index in [1.165, 1.54) is 5.56 Å². The minimum atomic E-state index is -0.772. The molecule has 5 nitrogen and oxygen atoms in total. The first kappa shape index (κ1) is 21.5. The van der Waals surface area contributed by atoms with Gasteiger partial charge in [0.25, 0.3) is 0 Å². The Labute approximate surface area is 194 Å². The Morgan fingerprint density at radius 1 is 1.09 bits per heavy atom. The van der Waals surface area contributed by atoms with Gasteiger partial charge in [0.2, 0.25) is 0 Å². The molecule has 0 fully saturated rings. The standard InChI is InChI=1S/C28H29NO4/c1-28(2)22-16-20(19-11-8-18(9-12-19)10-15-26(30)31)13-14-24(22)29(32-3)27-21-6-4-5-7-25(21)33-17-23(27)28/h4-9,11-14,16,23,27H,10,15,17H2,1-3H3,(H,30,31)/t23-,27+/m0/s1. The summed E-state index contributed by atoms with van der Waals surface area (Å²) < 4.78 is 6.18. The molecule has 0 amide bonds. The highest BCUT2D eigenvalue weighted by Gasteiger charge is 2.50. The monoisotopic (exact) mass is 443 g/mol. The summed E-state index contributed by atoms with van der Waals surface area (Å²) >= 11 is 0. The van der Waals surface area contributed by atoms with Crippen molar-refractivity contribution in [1.29, 1.82) is 0 Å². The Morgan fingerprint density at radius 3 is 2.55 bits per heavy atom. The van der Waals surface area contributed by atoms with E-state index in [2.05, 4.69) is 56.3 Å². The molecule has 0 aromatic heterocycles. The maximum absolute atomic E-state index is 10.9. The van der Waals surface area contributed by atoms with Gasteiger partial charge in [0.15, 0.2) is 0 Å². The second kappa shape index (κ2) is 8.23. The maximum Gasteiger partial charge on any atom is 0.303 e. The third kappa shape index (κ3) is 3.66. The number of nitrogens with zero attached hydrogens (tertiary/aromatic N) is 1. The van der Waals surface area contributed by atoms with E-state index in [1.54, 1.807) is 7.11 Å². The molecule has 33 heavy (non-hydrogen) atoms. The Hall–Kier alpha value is -3.31. The summed E-state index contributed by atoms with van der Waals surface area (Å²) in [6.07, 6.45) is 0.688. The molecule has 3 aromatic rings. The van der Waals surface area contributed by atoms with Crippen molar-refractivity contribution in [3.63, 3.8) is 0 Å². The third-order valence-corrected chi connectivity index (χ3v) is 7.26. The molecule has 170 valence electrons. The maximum atomic E-state index is 10.9. The van der Waals surface area contributed by atoms with E-state index in [9.17, 15) is 4.79 Å². The van der Waals surface area contributed by atoms with Crippen LogP contribution >= 0.6 is 0 Å². The molecular weight excluding hydrogens is 414 g/mol. The molecular formula is C28H29NO4. The van der Waals surface area contributed by atoms with Gasteiger partial charge in [-0.05, 0) is 46.9 Å². The topological polar surface area (TPSA) is 59.0 Å². The molecule has 0 spiro atoms. The summed E-state index contributed by atoms with van der Waals surface area (Å²) in [5, 5.41) is 11.0. The fourth-order valence-electron chi connectivity index (χ4n) is 5.34. The molecule has 2 atom stereocenters. The van der Waals surface area contributed by atoms with Crippen molar-refractivity contribution >= 4 is 11.7 Å². The van der Waals surface area contributed by atoms with Crippen LogP contribution in [0.2, 0.25) is 0 Å². The number of carboxylic acids is 1.